The van der Waals surface area contributed by atoms with E-state index < -0.39 is 0 Å². The fourth-order valence-electron chi connectivity index (χ4n) is 3.85. The molecule has 4 rings (SSSR count). The number of piperazine rings is 1. The maximum atomic E-state index is 6.13. The van der Waals surface area contributed by atoms with Gasteiger partial charge in [-0.1, -0.05) is 12.1 Å². The maximum Gasteiger partial charge on any atom is 0.227 e. The number of aromatic nitrogens is 2. The number of hydrogen-bond acceptors (Lipinski definition) is 6. The Labute approximate surface area is 143 Å². The Kier molecular flexibility index (Phi) is 4.24. The van der Waals surface area contributed by atoms with Gasteiger partial charge in [-0.2, -0.15) is 4.98 Å². The van der Waals surface area contributed by atoms with Crippen LogP contribution in [0.3, 0.4) is 0 Å². The van der Waals surface area contributed by atoms with Crippen LogP contribution in [0.1, 0.15) is 12.8 Å². The molecule has 1 aromatic heterocycles. The first-order valence-electron chi connectivity index (χ1n) is 8.90. The molecule has 2 fully saturated rings. The first kappa shape index (κ1) is 15.6. The van der Waals surface area contributed by atoms with Gasteiger partial charge in [0.15, 0.2) is 0 Å². The predicted octanol–water partition coefficient (Wildman–Crippen LogP) is 1.43. The van der Waals surface area contributed by atoms with E-state index in [4.69, 9.17) is 10.7 Å². The highest BCUT2D eigenvalue weighted by atomic mass is 15.3. The van der Waals surface area contributed by atoms with Crippen LogP contribution in [0.25, 0.3) is 10.9 Å². The van der Waals surface area contributed by atoms with Crippen LogP contribution in [0.2, 0.25) is 0 Å². The standard InChI is InChI=1S/C18H26N6/c1-22-10-12-23(13-11-22)14-6-8-24(9-7-14)18-20-16-5-3-2-4-15(16)17(19)21-18/h2-5,14H,6-13H2,1H3,(H2,19,20,21). The number of likely N-dealkylation sites (N-methyl/N-ethyl adjacent to an activating group) is 1. The summed E-state index contributed by atoms with van der Waals surface area (Å²) >= 11 is 0. The lowest BCUT2D eigenvalue weighted by molar-refractivity contribution is 0.0980. The second-order valence-electron chi connectivity index (χ2n) is 6.98. The Morgan fingerprint density at radius 3 is 2.42 bits per heavy atom. The molecule has 0 aliphatic carbocycles. The normalized spacial score (nSPS) is 21.5. The zero-order chi connectivity index (χ0) is 16.5. The first-order chi connectivity index (χ1) is 11.7. The molecular formula is C18H26N6. The minimum absolute atomic E-state index is 0.580. The summed E-state index contributed by atoms with van der Waals surface area (Å²) < 4.78 is 0. The molecule has 24 heavy (non-hydrogen) atoms. The van der Waals surface area contributed by atoms with Gasteiger partial charge in [0.05, 0.1) is 5.52 Å². The van der Waals surface area contributed by atoms with Gasteiger partial charge in [-0.25, -0.2) is 4.98 Å². The molecule has 128 valence electrons. The molecule has 3 heterocycles. The number of nitrogens with two attached hydrogens (primary N) is 1. The van der Waals surface area contributed by atoms with E-state index in [2.05, 4.69) is 26.7 Å². The quantitative estimate of drug-likeness (QED) is 0.901. The third kappa shape index (κ3) is 3.03. The Balaban J connectivity index is 1.44. The molecule has 0 radical (unpaired) electrons. The summed E-state index contributed by atoms with van der Waals surface area (Å²) in [6, 6.07) is 8.66. The highest BCUT2D eigenvalue weighted by Gasteiger charge is 2.27. The zero-order valence-electron chi connectivity index (χ0n) is 14.4. The molecular weight excluding hydrogens is 300 g/mol. The molecule has 0 amide bonds. The second-order valence-corrected chi connectivity index (χ2v) is 6.98. The third-order valence-electron chi connectivity index (χ3n) is 5.42. The van der Waals surface area contributed by atoms with Crippen molar-refractivity contribution in [3.63, 3.8) is 0 Å². The van der Waals surface area contributed by atoms with E-state index in [0.717, 1.165) is 29.9 Å². The number of para-hydroxylation sites is 1. The van der Waals surface area contributed by atoms with E-state index in [9.17, 15) is 0 Å². The number of nitrogen functional groups attached to an aromatic ring is 1. The van der Waals surface area contributed by atoms with E-state index in [0.29, 0.717) is 11.9 Å². The van der Waals surface area contributed by atoms with Crippen molar-refractivity contribution in [2.45, 2.75) is 18.9 Å². The van der Waals surface area contributed by atoms with Gasteiger partial charge in [0.2, 0.25) is 5.95 Å². The molecule has 2 saturated heterocycles. The SMILES string of the molecule is CN1CCN(C2CCN(c3nc(N)c4ccccc4n3)CC2)CC1. The lowest BCUT2D eigenvalue weighted by Crippen LogP contribution is -2.52. The lowest BCUT2D eigenvalue weighted by atomic mass is 10.0. The number of benzene rings is 1. The van der Waals surface area contributed by atoms with Gasteiger partial charge in [0, 0.05) is 50.7 Å². The largest absolute Gasteiger partial charge is 0.383 e. The summed E-state index contributed by atoms with van der Waals surface area (Å²) in [6.45, 7) is 6.78. The number of fused-ring (bicyclic) bond motifs is 1. The molecule has 6 heteroatoms. The van der Waals surface area contributed by atoms with Crippen molar-refractivity contribution in [3.8, 4) is 0 Å². The number of anilines is 2. The average molecular weight is 326 g/mol. The molecule has 1 aromatic carbocycles. The van der Waals surface area contributed by atoms with Crippen LogP contribution in [0.15, 0.2) is 24.3 Å². The first-order valence-corrected chi connectivity index (χ1v) is 8.90. The van der Waals surface area contributed by atoms with E-state index >= 15 is 0 Å². The van der Waals surface area contributed by atoms with E-state index in [1.54, 1.807) is 0 Å². The Morgan fingerprint density at radius 1 is 0.958 bits per heavy atom. The molecule has 0 unspecified atom stereocenters. The highest BCUT2D eigenvalue weighted by molar-refractivity contribution is 5.88. The number of hydrogen-bond donors (Lipinski definition) is 1. The Hall–Kier alpha value is -1.92. The van der Waals surface area contributed by atoms with Crippen molar-refractivity contribution < 1.29 is 0 Å². The van der Waals surface area contributed by atoms with Crippen LogP contribution in [-0.2, 0) is 0 Å². The van der Waals surface area contributed by atoms with Crippen molar-refractivity contribution in [3.05, 3.63) is 24.3 Å². The molecule has 2 aliphatic rings. The molecule has 0 spiro atoms. The molecule has 0 bridgehead atoms. The molecule has 6 nitrogen and oxygen atoms in total. The fourth-order valence-corrected chi connectivity index (χ4v) is 3.85. The van der Waals surface area contributed by atoms with Gasteiger partial charge >= 0.3 is 0 Å². The highest BCUT2D eigenvalue weighted by Crippen LogP contribution is 2.25. The minimum Gasteiger partial charge on any atom is -0.383 e. The van der Waals surface area contributed by atoms with Gasteiger partial charge in [0.1, 0.15) is 5.82 Å². The Morgan fingerprint density at radius 2 is 1.67 bits per heavy atom. The van der Waals surface area contributed by atoms with Crippen LogP contribution in [-0.4, -0.2) is 72.1 Å². The number of rotatable bonds is 2. The molecule has 2 aliphatic heterocycles. The van der Waals surface area contributed by atoms with E-state index in [1.165, 1.54) is 39.0 Å². The average Bonchev–Trinajstić information content (AvgIpc) is 2.62. The van der Waals surface area contributed by atoms with Crippen molar-refractivity contribution >= 4 is 22.7 Å². The molecule has 0 saturated carbocycles. The summed E-state index contributed by atoms with van der Waals surface area (Å²) in [6.07, 6.45) is 2.36. The van der Waals surface area contributed by atoms with Gasteiger partial charge < -0.3 is 15.5 Å². The predicted molar refractivity (Wildman–Crippen MR) is 98.3 cm³/mol. The molecule has 2 N–H and O–H groups in total. The van der Waals surface area contributed by atoms with Gasteiger partial charge in [-0.05, 0) is 32.0 Å². The fraction of sp³-hybridized carbons (Fsp3) is 0.556. The van der Waals surface area contributed by atoms with Crippen LogP contribution in [0.5, 0.6) is 0 Å². The Bertz CT molecular complexity index is 702. The lowest BCUT2D eigenvalue weighted by Gasteiger charge is -2.42. The van der Waals surface area contributed by atoms with Crippen molar-refractivity contribution in [1.29, 1.82) is 0 Å². The molecule has 2 aromatic rings. The summed E-state index contributed by atoms with van der Waals surface area (Å²) in [5.41, 5.74) is 7.06. The van der Waals surface area contributed by atoms with Crippen LogP contribution < -0.4 is 10.6 Å². The minimum atomic E-state index is 0.580. The van der Waals surface area contributed by atoms with Crippen LogP contribution in [0.4, 0.5) is 11.8 Å². The summed E-state index contributed by atoms with van der Waals surface area (Å²) in [7, 11) is 2.21. The van der Waals surface area contributed by atoms with Crippen LogP contribution in [0, 0.1) is 0 Å². The summed E-state index contributed by atoms with van der Waals surface area (Å²) in [5, 5.41) is 0.938. The van der Waals surface area contributed by atoms with Gasteiger partial charge in [-0.15, -0.1) is 0 Å². The monoisotopic (exact) mass is 326 g/mol. The summed E-state index contributed by atoms with van der Waals surface area (Å²) in [4.78, 5) is 16.6. The van der Waals surface area contributed by atoms with E-state index in [1.807, 2.05) is 24.3 Å². The summed E-state index contributed by atoms with van der Waals surface area (Å²) in [5.74, 6) is 1.36. The molecule has 0 atom stereocenters. The van der Waals surface area contributed by atoms with Gasteiger partial charge in [0.25, 0.3) is 0 Å². The topological polar surface area (TPSA) is 61.5 Å². The van der Waals surface area contributed by atoms with Crippen molar-refractivity contribution in [2.24, 2.45) is 0 Å². The third-order valence-corrected chi connectivity index (χ3v) is 5.42. The number of nitrogens with zero attached hydrogens (tertiary/aromatic N) is 5. The van der Waals surface area contributed by atoms with Crippen LogP contribution >= 0.6 is 0 Å². The maximum absolute atomic E-state index is 6.13. The smallest absolute Gasteiger partial charge is 0.227 e. The second kappa shape index (κ2) is 6.53. The van der Waals surface area contributed by atoms with Crippen molar-refractivity contribution in [1.82, 2.24) is 19.8 Å². The van der Waals surface area contributed by atoms with Gasteiger partial charge in [-0.3, -0.25) is 4.90 Å². The number of piperidine rings is 1. The van der Waals surface area contributed by atoms with E-state index in [-0.39, 0.29) is 0 Å². The van der Waals surface area contributed by atoms with Crippen molar-refractivity contribution in [2.75, 3.05) is 56.9 Å². The zero-order valence-corrected chi connectivity index (χ0v) is 14.4.